The number of fused-ring (bicyclic) bond motifs is 1. The molecule has 1 aromatic heterocycles. The average molecular weight is 818 g/mol. The molecule has 10 nitrogen and oxygen atoms in total. The summed E-state index contributed by atoms with van der Waals surface area (Å²) in [7, 11) is 2.86. The maximum atomic E-state index is 14.0. The second kappa shape index (κ2) is 14.0. The number of carbonyl (C=O) groups is 2. The van der Waals surface area contributed by atoms with Crippen LogP contribution in [0.15, 0.2) is 51.4 Å². The number of halogens is 2. The number of allylic oxidation sites excluding steroid dienone is 1. The van der Waals surface area contributed by atoms with E-state index in [0.717, 1.165) is 12.7 Å². The van der Waals surface area contributed by atoms with Crippen LogP contribution in [-0.4, -0.2) is 50.5 Å². The minimum absolute atomic E-state index is 0.155. The van der Waals surface area contributed by atoms with Gasteiger partial charge >= 0.3 is 11.9 Å². The Bertz CT molecular complexity index is 1740. The van der Waals surface area contributed by atoms with Gasteiger partial charge in [-0.05, 0) is 102 Å². The van der Waals surface area contributed by atoms with Crippen molar-refractivity contribution < 1.29 is 33.3 Å². The van der Waals surface area contributed by atoms with Crippen LogP contribution in [-0.2, 0) is 19.1 Å². The normalized spacial score (nSPS) is 14.6. The molecule has 0 fully saturated rings. The van der Waals surface area contributed by atoms with Crippen molar-refractivity contribution in [1.82, 2.24) is 4.57 Å². The number of hydrogen-bond donors (Lipinski definition) is 0. The molecule has 0 saturated carbocycles. The van der Waals surface area contributed by atoms with E-state index in [2.05, 4.69) is 54.9 Å². The summed E-state index contributed by atoms with van der Waals surface area (Å²) in [5.74, 6) is 0.201. The fraction of sp³-hybridized carbons (Fsp3) is 0.310. The Morgan fingerprint density at radius 2 is 1.83 bits per heavy atom. The third kappa shape index (κ3) is 6.67. The quantitative estimate of drug-likeness (QED) is 0.223. The molecule has 0 amide bonds. The topological polar surface area (TPSA) is 115 Å². The Kier molecular flexibility index (Phi) is 10.7. The molecule has 1 aliphatic heterocycles. The summed E-state index contributed by atoms with van der Waals surface area (Å²) in [5.41, 5.74) is 1.69. The second-order valence-corrected chi connectivity index (χ2v) is 12.2. The monoisotopic (exact) mass is 818 g/mol. The van der Waals surface area contributed by atoms with E-state index in [0.29, 0.717) is 44.4 Å². The second-order valence-electron chi connectivity index (χ2n) is 8.82. The van der Waals surface area contributed by atoms with E-state index >= 15 is 0 Å². The van der Waals surface area contributed by atoms with Gasteiger partial charge in [0.05, 0.1) is 52.8 Å². The van der Waals surface area contributed by atoms with Gasteiger partial charge in [0.25, 0.3) is 5.56 Å². The van der Waals surface area contributed by atoms with Crippen LogP contribution in [0, 0.1) is 7.14 Å². The highest BCUT2D eigenvalue weighted by molar-refractivity contribution is 14.1. The lowest BCUT2D eigenvalue weighted by Crippen LogP contribution is -2.40. The molecule has 0 bridgehead atoms. The number of rotatable bonds is 10. The molecule has 2 aromatic carbocycles. The Labute approximate surface area is 273 Å². The van der Waals surface area contributed by atoms with Crippen molar-refractivity contribution in [2.75, 3.05) is 34.0 Å². The van der Waals surface area contributed by atoms with Gasteiger partial charge in [0.2, 0.25) is 0 Å². The largest absolute Gasteiger partial charge is 0.495 e. The first kappa shape index (κ1) is 32.0. The van der Waals surface area contributed by atoms with Gasteiger partial charge in [-0.2, -0.15) is 0 Å². The van der Waals surface area contributed by atoms with Crippen molar-refractivity contribution in [3.63, 3.8) is 0 Å². The third-order valence-electron chi connectivity index (χ3n) is 6.20. The van der Waals surface area contributed by atoms with E-state index in [1.807, 2.05) is 19.1 Å². The maximum Gasteiger partial charge on any atom is 0.343 e. The zero-order valence-corrected chi connectivity index (χ0v) is 28.6. The molecule has 0 spiro atoms. The first-order chi connectivity index (χ1) is 20.1. The van der Waals surface area contributed by atoms with Gasteiger partial charge in [-0.1, -0.05) is 17.4 Å². The van der Waals surface area contributed by atoms with E-state index in [4.69, 9.17) is 18.9 Å². The Morgan fingerprint density at radius 3 is 2.50 bits per heavy atom. The summed E-state index contributed by atoms with van der Waals surface area (Å²) in [6.45, 7) is 5.42. The highest BCUT2D eigenvalue weighted by Crippen LogP contribution is 2.36. The number of thiazole rings is 1. The molecule has 4 rings (SSSR count). The molecule has 1 aliphatic rings. The van der Waals surface area contributed by atoms with Crippen molar-refractivity contribution in [3.8, 4) is 17.2 Å². The predicted molar refractivity (Wildman–Crippen MR) is 174 cm³/mol. The van der Waals surface area contributed by atoms with E-state index < -0.39 is 18.0 Å². The lowest BCUT2D eigenvalue weighted by atomic mass is 9.95. The summed E-state index contributed by atoms with van der Waals surface area (Å²) >= 11 is 5.65. The van der Waals surface area contributed by atoms with E-state index in [-0.39, 0.29) is 24.3 Å². The highest BCUT2D eigenvalue weighted by atomic mass is 127. The molecular weight excluding hydrogens is 790 g/mol. The minimum Gasteiger partial charge on any atom is -0.495 e. The van der Waals surface area contributed by atoms with Crippen molar-refractivity contribution in [2.24, 2.45) is 4.99 Å². The molecule has 0 saturated heterocycles. The Hall–Kier alpha value is -2.92. The molecule has 1 atom stereocenters. The van der Waals surface area contributed by atoms with Gasteiger partial charge in [0.1, 0.15) is 5.75 Å². The van der Waals surface area contributed by atoms with Crippen molar-refractivity contribution in [1.29, 1.82) is 0 Å². The number of carbonyl (C=O) groups excluding carboxylic acids is 2. The summed E-state index contributed by atoms with van der Waals surface area (Å²) in [6.07, 6.45) is 1.78. The van der Waals surface area contributed by atoms with Crippen molar-refractivity contribution >= 4 is 74.5 Å². The number of nitrogens with zero attached hydrogens (tertiary/aromatic N) is 2. The molecule has 0 unspecified atom stereocenters. The van der Waals surface area contributed by atoms with Crippen LogP contribution < -0.4 is 29.1 Å². The molecule has 0 N–H and O–H groups in total. The highest BCUT2D eigenvalue weighted by Gasteiger charge is 2.34. The van der Waals surface area contributed by atoms with Crippen LogP contribution in [0.4, 0.5) is 0 Å². The van der Waals surface area contributed by atoms with Crippen LogP contribution >= 0.6 is 56.5 Å². The molecule has 222 valence electrons. The van der Waals surface area contributed by atoms with Crippen LogP contribution in [0.2, 0.25) is 0 Å². The minimum atomic E-state index is -0.853. The SMILES string of the molecule is CCOC(=O)C1=C(C)N=c2s/c(=C/c3cc(I)cc(I)c3OC)c(=O)n2[C@H]1c1ccc(OCC(=O)OC)c(OCC)c1. The molecule has 42 heavy (non-hydrogen) atoms. The van der Waals surface area contributed by atoms with Gasteiger partial charge in [0.15, 0.2) is 22.9 Å². The number of methoxy groups -OCH3 is 2. The third-order valence-corrected chi connectivity index (χ3v) is 8.61. The van der Waals surface area contributed by atoms with Crippen LogP contribution in [0.5, 0.6) is 17.2 Å². The predicted octanol–water partition coefficient (Wildman–Crippen LogP) is 3.97. The van der Waals surface area contributed by atoms with Crippen molar-refractivity contribution in [3.05, 3.63) is 79.6 Å². The van der Waals surface area contributed by atoms with E-state index in [9.17, 15) is 14.4 Å². The van der Waals surface area contributed by atoms with Gasteiger partial charge < -0.3 is 23.7 Å². The van der Waals surface area contributed by atoms with E-state index in [1.165, 1.54) is 23.0 Å². The molecular formula is C29H28I2N2O8S. The lowest BCUT2D eigenvalue weighted by Gasteiger charge is -2.25. The first-order valence-corrected chi connectivity index (χ1v) is 15.8. The molecule has 3 aromatic rings. The lowest BCUT2D eigenvalue weighted by molar-refractivity contribution is -0.143. The number of esters is 2. The van der Waals surface area contributed by atoms with Crippen molar-refractivity contribution in [2.45, 2.75) is 26.8 Å². The number of ether oxygens (including phenoxy) is 5. The number of aromatic nitrogens is 1. The zero-order chi connectivity index (χ0) is 30.6. The molecule has 13 heteroatoms. The molecule has 2 heterocycles. The smallest absolute Gasteiger partial charge is 0.343 e. The Balaban J connectivity index is 1.94. The first-order valence-electron chi connectivity index (χ1n) is 12.8. The summed E-state index contributed by atoms with van der Waals surface area (Å²) < 4.78 is 31.0. The maximum absolute atomic E-state index is 14.0. The molecule has 0 aliphatic carbocycles. The van der Waals surface area contributed by atoms with E-state index in [1.54, 1.807) is 45.2 Å². The average Bonchev–Trinajstić information content (AvgIpc) is 3.25. The van der Waals surface area contributed by atoms with Crippen LogP contribution in [0.25, 0.3) is 6.08 Å². The fourth-order valence-electron chi connectivity index (χ4n) is 4.43. The summed E-state index contributed by atoms with van der Waals surface area (Å²) in [6, 6.07) is 8.13. The number of benzene rings is 2. The molecule has 0 radical (unpaired) electrons. The van der Waals surface area contributed by atoms with Gasteiger partial charge in [0, 0.05) is 9.13 Å². The summed E-state index contributed by atoms with van der Waals surface area (Å²) in [4.78, 5) is 44.1. The fourth-order valence-corrected chi connectivity index (χ4v) is 7.58. The van der Waals surface area contributed by atoms with Crippen LogP contribution in [0.1, 0.15) is 37.9 Å². The van der Waals surface area contributed by atoms with Gasteiger partial charge in [-0.15, -0.1) is 0 Å². The number of hydrogen-bond acceptors (Lipinski definition) is 10. The standard InChI is InChI=1S/C29H28I2N2O8S/c1-6-39-21-11-16(8-9-20(21)41-14-23(34)37-4)25-24(28(36)40-7-2)15(3)32-29-33(25)27(35)22(42-29)12-17-10-18(30)13-19(31)26(17)38-5/h8-13,25H,6-7,14H2,1-5H3/b22-12+/t25-/m0/s1. The van der Waals surface area contributed by atoms with Gasteiger partial charge in [-0.25, -0.2) is 14.6 Å². The summed E-state index contributed by atoms with van der Waals surface area (Å²) in [5, 5.41) is 0. The Morgan fingerprint density at radius 1 is 1.07 bits per heavy atom. The van der Waals surface area contributed by atoms with Crippen LogP contribution in [0.3, 0.4) is 0 Å². The van der Waals surface area contributed by atoms with Gasteiger partial charge in [-0.3, -0.25) is 9.36 Å². The zero-order valence-electron chi connectivity index (χ0n) is 23.5.